The van der Waals surface area contributed by atoms with Gasteiger partial charge >= 0.3 is 0 Å². The second-order valence-electron chi connectivity index (χ2n) is 8.82. The number of hydrogen-bond donors (Lipinski definition) is 0. The molecule has 0 bridgehead atoms. The van der Waals surface area contributed by atoms with Gasteiger partial charge in [0.25, 0.3) is 0 Å². The molecule has 0 saturated carbocycles. The Morgan fingerprint density at radius 3 is 2.22 bits per heavy atom. The summed E-state index contributed by atoms with van der Waals surface area (Å²) in [5.41, 5.74) is 5.37. The molecular formula is C30H26FN5O. The van der Waals surface area contributed by atoms with Gasteiger partial charge in [-0.25, -0.2) is 14.2 Å². The molecule has 0 saturated heterocycles. The monoisotopic (exact) mass is 491 g/mol. The predicted octanol–water partition coefficient (Wildman–Crippen LogP) is 7.22. The van der Waals surface area contributed by atoms with Crippen molar-refractivity contribution in [2.24, 2.45) is 7.05 Å². The van der Waals surface area contributed by atoms with Crippen LogP contribution in [0.5, 0.6) is 11.6 Å². The van der Waals surface area contributed by atoms with Gasteiger partial charge < -0.3 is 14.2 Å². The highest BCUT2D eigenvalue weighted by Gasteiger charge is 2.20. The molecule has 184 valence electrons. The number of fused-ring (bicyclic) bond motifs is 1. The molecule has 0 aliphatic rings. The van der Waals surface area contributed by atoms with Crippen molar-refractivity contribution in [1.29, 1.82) is 0 Å². The zero-order valence-corrected chi connectivity index (χ0v) is 20.7. The molecule has 6 nitrogen and oxygen atoms in total. The number of imidazole rings is 1. The Bertz CT molecular complexity index is 1530. The quantitative estimate of drug-likeness (QED) is 0.215. The maximum absolute atomic E-state index is 15.0. The van der Waals surface area contributed by atoms with E-state index in [1.165, 1.54) is 6.07 Å². The third kappa shape index (κ3) is 5.14. The fraction of sp³-hybridized carbons (Fsp3) is 0.167. The van der Waals surface area contributed by atoms with Crippen molar-refractivity contribution in [2.75, 3.05) is 4.90 Å². The lowest BCUT2D eigenvalue weighted by Crippen LogP contribution is -2.22. The summed E-state index contributed by atoms with van der Waals surface area (Å²) in [6.45, 7) is 10.4. The number of pyridine rings is 1. The number of aromatic nitrogens is 3. The summed E-state index contributed by atoms with van der Waals surface area (Å²) < 4.78 is 22.9. The first-order valence-corrected chi connectivity index (χ1v) is 12.1. The van der Waals surface area contributed by atoms with Gasteiger partial charge in [-0.3, -0.25) is 0 Å². The number of halogens is 1. The van der Waals surface area contributed by atoms with Gasteiger partial charge in [-0.1, -0.05) is 67.6 Å². The number of nitrogens with zero attached hydrogens (tertiary/aromatic N) is 5. The van der Waals surface area contributed by atoms with E-state index in [2.05, 4.69) is 44.0 Å². The van der Waals surface area contributed by atoms with E-state index in [1.807, 2.05) is 61.0 Å². The Kier molecular flexibility index (Phi) is 6.82. The standard InChI is InChI=1S/C30H26FN5O/c1-4-23-15-24(32-2)16-25(31)29(23)37-27-17-26(28-30(34-27)35(3)20-33-28)36(18-21-11-7-5-8-12-21)19-22-13-9-6-10-14-22/h5-17,20H,4,18-19H2,1,3H3. The molecule has 0 amide bonds. The average Bonchev–Trinajstić information content (AvgIpc) is 3.30. The number of rotatable bonds is 8. The van der Waals surface area contributed by atoms with Gasteiger partial charge in [-0.15, -0.1) is 0 Å². The lowest BCUT2D eigenvalue weighted by atomic mass is 10.1. The zero-order chi connectivity index (χ0) is 25.8. The smallest absolute Gasteiger partial charge is 0.223 e. The van der Waals surface area contributed by atoms with Crippen molar-refractivity contribution < 1.29 is 9.13 Å². The molecule has 5 aromatic rings. The third-order valence-corrected chi connectivity index (χ3v) is 6.22. The summed E-state index contributed by atoms with van der Waals surface area (Å²) >= 11 is 0. The van der Waals surface area contributed by atoms with Crippen LogP contribution in [0, 0.1) is 12.4 Å². The van der Waals surface area contributed by atoms with E-state index in [0.29, 0.717) is 30.7 Å². The van der Waals surface area contributed by atoms with E-state index >= 15 is 4.39 Å². The maximum atomic E-state index is 15.0. The van der Waals surface area contributed by atoms with Crippen LogP contribution in [-0.2, 0) is 26.6 Å². The van der Waals surface area contributed by atoms with Crippen LogP contribution in [-0.4, -0.2) is 14.5 Å². The first-order chi connectivity index (χ1) is 18.1. The van der Waals surface area contributed by atoms with Gasteiger partial charge in [-0.2, -0.15) is 4.98 Å². The van der Waals surface area contributed by atoms with Crippen molar-refractivity contribution in [3.05, 3.63) is 119 Å². The van der Waals surface area contributed by atoms with Gasteiger partial charge in [0.2, 0.25) is 5.88 Å². The molecule has 2 heterocycles. The minimum atomic E-state index is -0.579. The molecule has 0 fully saturated rings. The van der Waals surface area contributed by atoms with Gasteiger partial charge in [0.05, 0.1) is 18.6 Å². The molecule has 0 N–H and O–H groups in total. The summed E-state index contributed by atoms with van der Waals surface area (Å²) in [5.74, 6) is -0.224. The van der Waals surface area contributed by atoms with Crippen LogP contribution in [0.25, 0.3) is 16.0 Å². The normalized spacial score (nSPS) is 10.9. The fourth-order valence-electron chi connectivity index (χ4n) is 4.37. The topological polar surface area (TPSA) is 47.5 Å². The third-order valence-electron chi connectivity index (χ3n) is 6.22. The van der Waals surface area contributed by atoms with Crippen LogP contribution < -0.4 is 9.64 Å². The second kappa shape index (κ2) is 10.5. The highest BCUT2D eigenvalue weighted by atomic mass is 19.1. The van der Waals surface area contributed by atoms with Crippen molar-refractivity contribution >= 4 is 22.5 Å². The van der Waals surface area contributed by atoms with Crippen LogP contribution in [0.15, 0.2) is 85.2 Å². The Balaban J connectivity index is 1.62. The van der Waals surface area contributed by atoms with Crippen LogP contribution in [0.4, 0.5) is 15.8 Å². The van der Waals surface area contributed by atoms with Gasteiger partial charge in [0.1, 0.15) is 5.52 Å². The molecule has 0 aliphatic carbocycles. The van der Waals surface area contributed by atoms with E-state index in [0.717, 1.165) is 22.3 Å². The van der Waals surface area contributed by atoms with E-state index in [9.17, 15) is 0 Å². The average molecular weight is 492 g/mol. The van der Waals surface area contributed by atoms with Gasteiger partial charge in [0, 0.05) is 26.2 Å². The molecule has 7 heteroatoms. The molecular weight excluding hydrogens is 465 g/mol. The Labute approximate surface area is 215 Å². The van der Waals surface area contributed by atoms with E-state index in [4.69, 9.17) is 11.3 Å². The van der Waals surface area contributed by atoms with Crippen LogP contribution in [0.2, 0.25) is 0 Å². The number of benzene rings is 3. The van der Waals surface area contributed by atoms with Crippen molar-refractivity contribution in [3.8, 4) is 11.6 Å². The second-order valence-corrected chi connectivity index (χ2v) is 8.82. The molecule has 2 aromatic heterocycles. The summed E-state index contributed by atoms with van der Waals surface area (Å²) in [6.07, 6.45) is 2.24. The van der Waals surface area contributed by atoms with Crippen molar-refractivity contribution in [2.45, 2.75) is 26.4 Å². The van der Waals surface area contributed by atoms with Crippen LogP contribution in [0.3, 0.4) is 0 Å². The molecule has 37 heavy (non-hydrogen) atoms. The minimum absolute atomic E-state index is 0.0903. The maximum Gasteiger partial charge on any atom is 0.223 e. The first-order valence-electron chi connectivity index (χ1n) is 12.1. The molecule has 0 spiro atoms. The summed E-state index contributed by atoms with van der Waals surface area (Å²) in [6, 6.07) is 25.1. The number of aryl methyl sites for hydroxylation is 2. The van der Waals surface area contributed by atoms with Crippen molar-refractivity contribution in [1.82, 2.24) is 14.5 Å². The Morgan fingerprint density at radius 2 is 1.62 bits per heavy atom. The minimum Gasteiger partial charge on any atom is -0.436 e. The lowest BCUT2D eigenvalue weighted by molar-refractivity contribution is 0.423. The molecule has 0 atom stereocenters. The van der Waals surface area contributed by atoms with E-state index in [1.54, 1.807) is 12.4 Å². The Morgan fingerprint density at radius 1 is 0.973 bits per heavy atom. The first kappa shape index (κ1) is 24.0. The summed E-state index contributed by atoms with van der Waals surface area (Å²) in [4.78, 5) is 14.9. The highest BCUT2D eigenvalue weighted by Crippen LogP contribution is 2.36. The zero-order valence-electron chi connectivity index (χ0n) is 20.7. The van der Waals surface area contributed by atoms with E-state index in [-0.39, 0.29) is 17.3 Å². The van der Waals surface area contributed by atoms with Crippen molar-refractivity contribution in [3.63, 3.8) is 0 Å². The van der Waals surface area contributed by atoms with E-state index < -0.39 is 5.82 Å². The summed E-state index contributed by atoms with van der Waals surface area (Å²) in [7, 11) is 1.87. The van der Waals surface area contributed by atoms with Crippen LogP contribution in [0.1, 0.15) is 23.6 Å². The molecule has 5 rings (SSSR count). The molecule has 0 radical (unpaired) electrons. The fourth-order valence-corrected chi connectivity index (χ4v) is 4.37. The predicted molar refractivity (Wildman–Crippen MR) is 143 cm³/mol. The highest BCUT2D eigenvalue weighted by molar-refractivity contribution is 5.87. The SMILES string of the molecule is [C-]#[N+]c1cc(F)c(Oc2cc(N(Cc3ccccc3)Cc3ccccc3)c3ncn(C)c3n2)c(CC)c1. The van der Waals surface area contributed by atoms with Gasteiger partial charge in [-0.05, 0) is 35.2 Å². The molecule has 0 aliphatic heterocycles. The number of anilines is 1. The number of hydrogen-bond acceptors (Lipinski definition) is 4. The Hall–Kier alpha value is -4.70. The molecule has 3 aromatic carbocycles. The largest absolute Gasteiger partial charge is 0.436 e. The van der Waals surface area contributed by atoms with Gasteiger partial charge in [0.15, 0.2) is 22.9 Å². The number of ether oxygens (including phenoxy) is 1. The van der Waals surface area contributed by atoms with Crippen LogP contribution >= 0.6 is 0 Å². The summed E-state index contributed by atoms with van der Waals surface area (Å²) in [5, 5.41) is 0. The lowest BCUT2D eigenvalue weighted by Gasteiger charge is -2.26. The molecule has 0 unspecified atom stereocenters.